The van der Waals surface area contributed by atoms with Crippen LogP contribution in [-0.4, -0.2) is 38.3 Å². The summed E-state index contributed by atoms with van der Waals surface area (Å²) in [5.74, 6) is 6.88. The highest BCUT2D eigenvalue weighted by Crippen LogP contribution is 2.58. The van der Waals surface area contributed by atoms with Gasteiger partial charge >= 0.3 is 5.97 Å². The minimum atomic E-state index is -2.40. The van der Waals surface area contributed by atoms with Gasteiger partial charge in [0.1, 0.15) is 18.1 Å². The third kappa shape index (κ3) is 6.88. The smallest absolute Gasteiger partial charge is 0.304 e. The Morgan fingerprint density at radius 2 is 1.76 bits per heavy atom. The molecule has 5 rings (SSSR count). The number of carboxylic acids is 1. The molecule has 1 atom stereocenters. The Bertz CT molecular complexity index is 1620. The van der Waals surface area contributed by atoms with E-state index in [2.05, 4.69) is 48.4 Å². The molecule has 3 aromatic carbocycles. The Hall–Kier alpha value is -3.48. The molecule has 0 spiro atoms. The van der Waals surface area contributed by atoms with E-state index in [4.69, 9.17) is 9.47 Å². The van der Waals surface area contributed by atoms with Crippen LogP contribution in [0, 0.1) is 24.2 Å². The molecule has 0 radical (unpaired) electrons. The standard InChI is InChI=1S/C33H34O6S2/c1-4-5-25(16-32(34)35)24-7-9-26(10-8-24)38-17-23-6-13-31-29(15-23)30(18-40-31)28-12-11-27(14-22(28)2)39-19-33(3)20-41(36,37)21-33/h6-15,18,25,36-37H,16-17,19-21H2,1-3H3,(H,34,35)/t25-/m0/s1. The predicted octanol–water partition coefficient (Wildman–Crippen LogP) is 8.19. The predicted molar refractivity (Wildman–Crippen MR) is 167 cm³/mol. The van der Waals surface area contributed by atoms with Crippen LogP contribution in [0.2, 0.25) is 0 Å². The molecular formula is C33H34O6S2. The van der Waals surface area contributed by atoms with Crippen LogP contribution in [0.1, 0.15) is 42.9 Å². The van der Waals surface area contributed by atoms with E-state index in [-0.39, 0.29) is 17.8 Å². The van der Waals surface area contributed by atoms with Crippen molar-refractivity contribution in [1.29, 1.82) is 0 Å². The number of hydrogen-bond donors (Lipinski definition) is 3. The zero-order valence-corrected chi connectivity index (χ0v) is 25.0. The van der Waals surface area contributed by atoms with E-state index in [1.165, 1.54) is 15.6 Å². The molecule has 4 aromatic rings. The molecule has 1 aliphatic rings. The fourth-order valence-corrected chi connectivity index (χ4v) is 8.64. The van der Waals surface area contributed by atoms with E-state index in [0.717, 1.165) is 28.0 Å². The molecule has 1 aromatic heterocycles. The molecule has 2 heterocycles. The molecule has 214 valence electrons. The average molecular weight is 591 g/mol. The first-order chi connectivity index (χ1) is 19.5. The van der Waals surface area contributed by atoms with Crippen molar-refractivity contribution in [3.8, 4) is 34.5 Å². The topological polar surface area (TPSA) is 96.2 Å². The molecular weight excluding hydrogens is 556 g/mol. The van der Waals surface area contributed by atoms with E-state index < -0.39 is 16.6 Å². The number of aryl methyl sites for hydroxylation is 1. The van der Waals surface area contributed by atoms with Crippen molar-refractivity contribution < 1.29 is 28.5 Å². The first kappa shape index (κ1) is 29.0. The Balaban J connectivity index is 1.26. The highest BCUT2D eigenvalue weighted by molar-refractivity contribution is 8.25. The van der Waals surface area contributed by atoms with Crippen LogP contribution in [-0.2, 0) is 11.4 Å². The lowest BCUT2D eigenvalue weighted by Crippen LogP contribution is -2.47. The molecule has 0 bridgehead atoms. The summed E-state index contributed by atoms with van der Waals surface area (Å²) >= 11 is 1.71. The van der Waals surface area contributed by atoms with Gasteiger partial charge in [0.05, 0.1) is 18.9 Å². The molecule has 1 fully saturated rings. The second-order valence-electron chi connectivity index (χ2n) is 11.0. The fourth-order valence-electron chi connectivity index (χ4n) is 5.38. The molecule has 8 heteroatoms. The molecule has 1 saturated heterocycles. The van der Waals surface area contributed by atoms with Gasteiger partial charge in [-0.3, -0.25) is 13.9 Å². The SMILES string of the molecule is CC#C[C@@H](CC(=O)O)c1ccc(OCc2ccc3scc(-c4ccc(OCC5(C)CS(O)(O)C5)cc4C)c3c2)cc1. The number of benzene rings is 3. The van der Waals surface area contributed by atoms with Crippen LogP contribution < -0.4 is 9.47 Å². The normalized spacial score (nSPS) is 16.6. The molecule has 6 nitrogen and oxygen atoms in total. The van der Waals surface area contributed by atoms with E-state index in [9.17, 15) is 19.0 Å². The van der Waals surface area contributed by atoms with E-state index in [0.29, 0.717) is 30.5 Å². The van der Waals surface area contributed by atoms with Gasteiger partial charge in [-0.05, 0) is 77.9 Å². The van der Waals surface area contributed by atoms with Crippen molar-refractivity contribution in [2.24, 2.45) is 5.41 Å². The second kappa shape index (κ2) is 11.8. The average Bonchev–Trinajstić information content (AvgIpc) is 3.32. The number of hydrogen-bond acceptors (Lipinski definition) is 6. The van der Waals surface area contributed by atoms with Gasteiger partial charge < -0.3 is 14.6 Å². The molecule has 1 aliphatic heterocycles. The van der Waals surface area contributed by atoms with Crippen molar-refractivity contribution in [2.45, 2.75) is 39.7 Å². The summed E-state index contributed by atoms with van der Waals surface area (Å²) in [6.07, 6.45) is -0.0325. The number of rotatable bonds is 10. The van der Waals surface area contributed by atoms with Gasteiger partial charge in [-0.2, -0.15) is 10.6 Å². The summed E-state index contributed by atoms with van der Waals surface area (Å²) in [6.45, 7) is 6.69. The van der Waals surface area contributed by atoms with Crippen LogP contribution in [0.25, 0.3) is 21.2 Å². The van der Waals surface area contributed by atoms with Crippen molar-refractivity contribution in [1.82, 2.24) is 0 Å². The second-order valence-corrected chi connectivity index (χ2v) is 14.1. The van der Waals surface area contributed by atoms with E-state index in [1.54, 1.807) is 18.3 Å². The molecule has 0 amide bonds. The fraction of sp³-hybridized carbons (Fsp3) is 0.303. The summed E-state index contributed by atoms with van der Waals surface area (Å²) < 4.78 is 32.8. The monoisotopic (exact) mass is 590 g/mol. The largest absolute Gasteiger partial charge is 0.493 e. The number of fused-ring (bicyclic) bond motifs is 1. The zero-order chi connectivity index (χ0) is 29.2. The minimum absolute atomic E-state index is 0.0325. The van der Waals surface area contributed by atoms with Gasteiger partial charge in [-0.15, -0.1) is 17.3 Å². The maximum atomic E-state index is 11.2. The van der Waals surface area contributed by atoms with Crippen molar-refractivity contribution in [2.75, 3.05) is 18.1 Å². The first-order valence-corrected chi connectivity index (χ1v) is 16.1. The Labute approximate surface area is 246 Å². The number of thiophene rings is 1. The van der Waals surface area contributed by atoms with Gasteiger partial charge in [0.2, 0.25) is 0 Å². The van der Waals surface area contributed by atoms with Gasteiger partial charge in [-0.1, -0.05) is 37.1 Å². The van der Waals surface area contributed by atoms with Crippen LogP contribution in [0.5, 0.6) is 11.5 Å². The van der Waals surface area contributed by atoms with E-state index >= 15 is 0 Å². The maximum Gasteiger partial charge on any atom is 0.304 e. The van der Waals surface area contributed by atoms with Gasteiger partial charge in [0.25, 0.3) is 0 Å². The molecule has 3 N–H and O–H groups in total. The maximum absolute atomic E-state index is 11.2. The van der Waals surface area contributed by atoms with Crippen molar-refractivity contribution in [3.05, 3.63) is 82.7 Å². The number of carboxylic acid groups (broad SMARTS) is 1. The summed E-state index contributed by atoms with van der Waals surface area (Å²) in [5.41, 5.74) is 5.15. The summed E-state index contributed by atoms with van der Waals surface area (Å²) in [7, 11) is -2.40. The number of carbonyl (C=O) groups is 1. The van der Waals surface area contributed by atoms with Gasteiger partial charge in [0.15, 0.2) is 0 Å². The third-order valence-corrected chi connectivity index (χ3v) is 10.5. The van der Waals surface area contributed by atoms with Crippen LogP contribution >= 0.6 is 21.9 Å². The Morgan fingerprint density at radius 1 is 1.02 bits per heavy atom. The molecule has 0 unspecified atom stereocenters. The first-order valence-electron chi connectivity index (χ1n) is 13.4. The zero-order valence-electron chi connectivity index (χ0n) is 23.3. The summed E-state index contributed by atoms with van der Waals surface area (Å²) in [6, 6.07) is 20.0. The van der Waals surface area contributed by atoms with Crippen LogP contribution in [0.3, 0.4) is 0 Å². The van der Waals surface area contributed by atoms with Crippen molar-refractivity contribution in [3.63, 3.8) is 0 Å². The third-order valence-electron chi connectivity index (χ3n) is 7.26. The molecule has 0 aliphatic carbocycles. The quantitative estimate of drug-likeness (QED) is 0.161. The lowest BCUT2D eigenvalue weighted by atomic mass is 9.96. The summed E-state index contributed by atoms with van der Waals surface area (Å²) in [4.78, 5) is 11.2. The van der Waals surface area contributed by atoms with Gasteiger partial charge in [-0.25, -0.2) is 0 Å². The summed E-state index contributed by atoms with van der Waals surface area (Å²) in [5, 5.41) is 12.5. The van der Waals surface area contributed by atoms with E-state index in [1.807, 2.05) is 43.3 Å². The Kier molecular flexibility index (Phi) is 8.35. The highest BCUT2D eigenvalue weighted by Gasteiger charge is 2.45. The molecule has 0 saturated carbocycles. The highest BCUT2D eigenvalue weighted by atomic mass is 32.3. The lowest BCUT2D eigenvalue weighted by Gasteiger charge is -2.53. The minimum Gasteiger partial charge on any atom is -0.493 e. The van der Waals surface area contributed by atoms with Crippen molar-refractivity contribution >= 4 is 38.0 Å². The number of aliphatic carboxylic acids is 1. The Morgan fingerprint density at radius 3 is 2.41 bits per heavy atom. The van der Waals surface area contributed by atoms with Crippen LogP contribution in [0.15, 0.2) is 66.0 Å². The van der Waals surface area contributed by atoms with Crippen LogP contribution in [0.4, 0.5) is 0 Å². The lowest BCUT2D eigenvalue weighted by molar-refractivity contribution is -0.137. The molecule has 41 heavy (non-hydrogen) atoms. The van der Waals surface area contributed by atoms with Gasteiger partial charge in [0, 0.05) is 32.6 Å². The number of ether oxygens (including phenoxy) is 2.